The Labute approximate surface area is 182 Å². The van der Waals surface area contributed by atoms with Gasteiger partial charge in [-0.15, -0.1) is 0 Å². The van der Waals surface area contributed by atoms with Crippen LogP contribution in [-0.2, 0) is 11.3 Å². The molecule has 0 spiro atoms. The largest absolute Gasteiger partial charge is 0.375 e. The van der Waals surface area contributed by atoms with E-state index < -0.39 is 0 Å². The van der Waals surface area contributed by atoms with Crippen molar-refractivity contribution in [1.82, 2.24) is 25.2 Å². The van der Waals surface area contributed by atoms with E-state index in [0.717, 1.165) is 80.7 Å². The van der Waals surface area contributed by atoms with Gasteiger partial charge < -0.3 is 15.0 Å². The van der Waals surface area contributed by atoms with Crippen LogP contribution in [0.5, 0.6) is 0 Å². The third-order valence-corrected chi connectivity index (χ3v) is 6.56. The number of likely N-dealkylation sites (tertiary alicyclic amines) is 1. The smallest absolute Gasteiger partial charge is 0.142 e. The van der Waals surface area contributed by atoms with Crippen LogP contribution in [0.2, 0.25) is 5.15 Å². The predicted octanol–water partition coefficient (Wildman–Crippen LogP) is 4.01. The summed E-state index contributed by atoms with van der Waals surface area (Å²) in [5, 5.41) is 4.74. The van der Waals surface area contributed by atoms with Gasteiger partial charge in [0.05, 0.1) is 17.6 Å². The topological polar surface area (TPSA) is 66.1 Å². The van der Waals surface area contributed by atoms with Crippen LogP contribution in [0.15, 0.2) is 36.7 Å². The van der Waals surface area contributed by atoms with Crippen molar-refractivity contribution in [3.63, 3.8) is 0 Å². The second-order valence-electron chi connectivity index (χ2n) is 8.37. The molecular formula is C23H28ClN5O. The number of ether oxygens (including phenoxy) is 1. The summed E-state index contributed by atoms with van der Waals surface area (Å²) < 4.78 is 6.34. The molecule has 0 saturated carbocycles. The van der Waals surface area contributed by atoms with E-state index in [-0.39, 0.29) is 0 Å². The van der Waals surface area contributed by atoms with E-state index in [1.807, 2.05) is 6.07 Å². The van der Waals surface area contributed by atoms with Gasteiger partial charge in [0, 0.05) is 25.3 Å². The fourth-order valence-electron chi connectivity index (χ4n) is 4.52. The summed E-state index contributed by atoms with van der Waals surface area (Å²) in [5.74, 6) is 0. The number of hydrogen-bond acceptors (Lipinski definition) is 5. The van der Waals surface area contributed by atoms with Crippen LogP contribution >= 0.6 is 11.6 Å². The first-order valence-electron chi connectivity index (χ1n) is 10.9. The number of benzene rings is 1. The summed E-state index contributed by atoms with van der Waals surface area (Å²) in [6.07, 6.45) is 6.96. The Morgan fingerprint density at radius 1 is 1.00 bits per heavy atom. The number of nitrogens with zero attached hydrogens (tertiary/aromatic N) is 3. The summed E-state index contributed by atoms with van der Waals surface area (Å²) in [5.41, 5.74) is 4.24. The number of rotatable bonds is 5. The molecule has 3 aromatic rings. The van der Waals surface area contributed by atoms with Gasteiger partial charge in [-0.25, -0.2) is 9.97 Å². The quantitative estimate of drug-likeness (QED) is 0.604. The van der Waals surface area contributed by atoms with Crippen LogP contribution < -0.4 is 5.32 Å². The minimum absolute atomic E-state index is 0.434. The zero-order valence-electron chi connectivity index (χ0n) is 17.1. The van der Waals surface area contributed by atoms with Crippen LogP contribution in [0.4, 0.5) is 0 Å². The maximum absolute atomic E-state index is 6.34. The lowest BCUT2D eigenvalue weighted by molar-refractivity contribution is -0.0539. The molecule has 2 N–H and O–H groups in total. The third-order valence-electron chi connectivity index (χ3n) is 6.25. The summed E-state index contributed by atoms with van der Waals surface area (Å²) in [6, 6.07) is 10.8. The minimum atomic E-state index is 0.434. The van der Waals surface area contributed by atoms with Crippen molar-refractivity contribution < 1.29 is 4.74 Å². The highest BCUT2D eigenvalue weighted by atomic mass is 35.5. The predicted molar refractivity (Wildman–Crippen MR) is 120 cm³/mol. The molecule has 4 heterocycles. The maximum atomic E-state index is 6.34. The first kappa shape index (κ1) is 19.9. The molecule has 2 fully saturated rings. The number of halogens is 1. The summed E-state index contributed by atoms with van der Waals surface area (Å²) in [4.78, 5) is 14.2. The van der Waals surface area contributed by atoms with E-state index in [0.29, 0.717) is 17.4 Å². The van der Waals surface area contributed by atoms with Gasteiger partial charge in [0.1, 0.15) is 17.1 Å². The Morgan fingerprint density at radius 3 is 2.47 bits per heavy atom. The van der Waals surface area contributed by atoms with Gasteiger partial charge in [-0.3, -0.25) is 4.90 Å². The Hall–Kier alpha value is -1.99. The second-order valence-corrected chi connectivity index (χ2v) is 8.73. The van der Waals surface area contributed by atoms with Gasteiger partial charge in [-0.05, 0) is 56.0 Å². The molecule has 0 aliphatic carbocycles. The van der Waals surface area contributed by atoms with Crippen molar-refractivity contribution in [3.05, 3.63) is 47.4 Å². The molecule has 2 aliphatic heterocycles. The van der Waals surface area contributed by atoms with Crippen LogP contribution in [0.3, 0.4) is 0 Å². The molecule has 158 valence electrons. The van der Waals surface area contributed by atoms with Crippen molar-refractivity contribution in [2.45, 2.75) is 44.4 Å². The average molecular weight is 426 g/mol. The van der Waals surface area contributed by atoms with E-state index in [1.54, 1.807) is 0 Å². The van der Waals surface area contributed by atoms with Gasteiger partial charge in [0.2, 0.25) is 0 Å². The van der Waals surface area contributed by atoms with Gasteiger partial charge in [-0.2, -0.15) is 0 Å². The number of nitrogens with one attached hydrogen (secondary N) is 2. The van der Waals surface area contributed by atoms with E-state index in [4.69, 9.17) is 16.3 Å². The lowest BCUT2D eigenvalue weighted by Crippen LogP contribution is -2.40. The molecule has 0 radical (unpaired) electrons. The standard InChI is InChI=1S/C23H28ClN5O/c24-22-20-13-21(28-23(20)27-15-26-22)17-3-1-16(2-4-17)14-29-11-7-19(8-12-29)30-18-5-9-25-10-6-18/h1-4,13,15,18-19,25H,5-12,14H2,(H,26,27,28). The number of hydrogen-bond donors (Lipinski definition) is 2. The van der Waals surface area contributed by atoms with Gasteiger partial charge in [0.25, 0.3) is 0 Å². The summed E-state index contributed by atoms with van der Waals surface area (Å²) in [7, 11) is 0. The molecular weight excluding hydrogens is 398 g/mol. The van der Waals surface area contributed by atoms with Gasteiger partial charge in [-0.1, -0.05) is 35.9 Å². The number of H-pyrrole nitrogens is 1. The van der Waals surface area contributed by atoms with Crippen LogP contribution in [-0.4, -0.2) is 58.2 Å². The van der Waals surface area contributed by atoms with E-state index in [9.17, 15) is 0 Å². The number of piperidine rings is 2. The molecule has 0 unspecified atom stereocenters. The zero-order chi connectivity index (χ0) is 20.3. The Balaban J connectivity index is 1.16. The number of aromatic amines is 1. The number of aromatic nitrogens is 3. The van der Waals surface area contributed by atoms with Crippen LogP contribution in [0.25, 0.3) is 22.3 Å². The van der Waals surface area contributed by atoms with Crippen molar-refractivity contribution in [2.75, 3.05) is 26.2 Å². The molecule has 5 rings (SSSR count). The Morgan fingerprint density at radius 2 is 1.73 bits per heavy atom. The van der Waals surface area contributed by atoms with E-state index >= 15 is 0 Å². The molecule has 0 amide bonds. The average Bonchev–Trinajstić information content (AvgIpc) is 3.22. The van der Waals surface area contributed by atoms with Crippen molar-refractivity contribution >= 4 is 22.6 Å². The number of fused-ring (bicyclic) bond motifs is 1. The fourth-order valence-corrected chi connectivity index (χ4v) is 4.71. The molecule has 30 heavy (non-hydrogen) atoms. The van der Waals surface area contributed by atoms with Crippen molar-refractivity contribution in [1.29, 1.82) is 0 Å². The summed E-state index contributed by atoms with van der Waals surface area (Å²) >= 11 is 6.17. The van der Waals surface area contributed by atoms with Crippen LogP contribution in [0, 0.1) is 0 Å². The molecule has 6 nitrogen and oxygen atoms in total. The third kappa shape index (κ3) is 4.52. The molecule has 1 aromatic carbocycles. The SMILES string of the molecule is Clc1ncnc2[nH]c(-c3ccc(CN4CCC(OC5CCNCC5)CC4)cc3)cc12. The first-order chi connectivity index (χ1) is 14.7. The molecule has 2 aliphatic rings. The lowest BCUT2D eigenvalue weighted by Gasteiger charge is -2.35. The van der Waals surface area contributed by atoms with Gasteiger partial charge >= 0.3 is 0 Å². The zero-order valence-corrected chi connectivity index (χ0v) is 17.9. The molecule has 0 atom stereocenters. The lowest BCUT2D eigenvalue weighted by atomic mass is 10.0. The molecule has 2 saturated heterocycles. The van der Waals surface area contributed by atoms with Crippen molar-refractivity contribution in [2.24, 2.45) is 0 Å². The van der Waals surface area contributed by atoms with Crippen LogP contribution in [0.1, 0.15) is 31.2 Å². The van der Waals surface area contributed by atoms with E-state index in [2.05, 4.69) is 49.4 Å². The normalized spacial score (nSPS) is 19.5. The Bertz CT molecular complexity index is 975. The monoisotopic (exact) mass is 425 g/mol. The fraction of sp³-hybridized carbons (Fsp3) is 0.478. The minimum Gasteiger partial charge on any atom is -0.375 e. The Kier molecular flexibility index (Phi) is 6.00. The van der Waals surface area contributed by atoms with E-state index in [1.165, 1.54) is 11.9 Å². The van der Waals surface area contributed by atoms with Gasteiger partial charge in [0.15, 0.2) is 0 Å². The highest BCUT2D eigenvalue weighted by Gasteiger charge is 2.23. The molecule has 2 aromatic heterocycles. The molecule has 7 heteroatoms. The highest BCUT2D eigenvalue weighted by Crippen LogP contribution is 2.27. The summed E-state index contributed by atoms with van der Waals surface area (Å²) in [6.45, 7) is 5.40. The highest BCUT2D eigenvalue weighted by molar-refractivity contribution is 6.34. The molecule has 0 bridgehead atoms. The first-order valence-corrected chi connectivity index (χ1v) is 11.3. The second kappa shape index (κ2) is 9.02. The van der Waals surface area contributed by atoms with Crippen molar-refractivity contribution in [3.8, 4) is 11.3 Å². The maximum Gasteiger partial charge on any atom is 0.142 e.